The summed E-state index contributed by atoms with van der Waals surface area (Å²) in [5.41, 5.74) is 11.7. The zero-order valence-electron chi connectivity index (χ0n) is 61.8. The molecular formula is C103H69N7S2Si2. The second-order valence-corrected chi connectivity index (χ2v) is 38.6. The van der Waals surface area contributed by atoms with Crippen molar-refractivity contribution in [1.82, 2.24) is 34.1 Å². The predicted octanol–water partition coefficient (Wildman–Crippen LogP) is 20.7. The van der Waals surface area contributed by atoms with Crippen molar-refractivity contribution in [3.8, 4) is 56.8 Å². The van der Waals surface area contributed by atoms with E-state index in [-0.39, 0.29) is 0 Å². The average Bonchev–Trinajstić information content (AvgIpc) is 1.65. The Hall–Kier alpha value is -13.9. The quantitative estimate of drug-likeness (QED) is 0.0801. The predicted molar refractivity (Wildman–Crippen MR) is 485 cm³/mol. The van der Waals surface area contributed by atoms with Crippen molar-refractivity contribution in [3.05, 3.63) is 419 Å². The van der Waals surface area contributed by atoms with E-state index in [1.807, 2.05) is 34.9 Å². The van der Waals surface area contributed by atoms with E-state index in [9.17, 15) is 0 Å². The van der Waals surface area contributed by atoms with E-state index in [0.717, 1.165) is 39.3 Å². The fraction of sp³-hybridized carbons (Fsp3) is 0. The van der Waals surface area contributed by atoms with Crippen LogP contribution in [-0.2, 0) is 0 Å². The van der Waals surface area contributed by atoms with Gasteiger partial charge in [-0.3, -0.25) is 0 Å². The van der Waals surface area contributed by atoms with Crippen LogP contribution < -0.4 is 41.5 Å². The fourth-order valence-corrected chi connectivity index (χ4v) is 31.0. The smallest absolute Gasteiger partial charge is 0.181 e. The van der Waals surface area contributed by atoms with Crippen molar-refractivity contribution in [2.75, 3.05) is 0 Å². The Morgan fingerprint density at radius 2 is 0.544 bits per heavy atom. The van der Waals surface area contributed by atoms with Crippen LogP contribution in [0.15, 0.2) is 419 Å². The summed E-state index contributed by atoms with van der Waals surface area (Å²) < 4.78 is 9.99. The first kappa shape index (κ1) is 68.1. The summed E-state index contributed by atoms with van der Waals surface area (Å²) in [4.78, 5) is 24.8. The Labute approximate surface area is 669 Å². The van der Waals surface area contributed by atoms with Crippen molar-refractivity contribution < 1.29 is 0 Å². The van der Waals surface area contributed by atoms with Gasteiger partial charge in [-0.25, -0.2) is 24.9 Å². The molecule has 0 aliphatic heterocycles. The number of hydrogen-bond donors (Lipinski definition) is 0. The largest absolute Gasteiger partial charge is 0.309 e. The second kappa shape index (κ2) is 28.8. The van der Waals surface area contributed by atoms with Gasteiger partial charge in [-0.1, -0.05) is 340 Å². The van der Waals surface area contributed by atoms with Gasteiger partial charge >= 0.3 is 0 Å². The number of hydrogen-bond acceptors (Lipinski definition) is 7. The Kier molecular flexibility index (Phi) is 17.2. The van der Waals surface area contributed by atoms with E-state index < -0.39 is 16.1 Å². The molecule has 22 aromatic rings. The van der Waals surface area contributed by atoms with E-state index in [0.29, 0.717) is 17.5 Å². The third kappa shape index (κ3) is 11.5. The lowest BCUT2D eigenvalue weighted by Crippen LogP contribution is -2.74. The minimum Gasteiger partial charge on any atom is -0.309 e. The molecule has 16 aromatic carbocycles. The number of aromatic nitrogens is 7. The van der Waals surface area contributed by atoms with Gasteiger partial charge in [0.2, 0.25) is 0 Å². The first-order chi connectivity index (χ1) is 56.5. The molecule has 6 aromatic heterocycles. The summed E-state index contributed by atoms with van der Waals surface area (Å²) in [5.74, 6) is 1.98. The van der Waals surface area contributed by atoms with Gasteiger partial charge in [-0.15, -0.1) is 22.7 Å². The monoisotopic (exact) mass is 1520 g/mol. The van der Waals surface area contributed by atoms with E-state index >= 15 is 0 Å². The standard InChI is InChI=1S/C52H35N3SSi.C51H34N4SSi/c1-3-19-39(20-4-1)57(40-21-5-2-6-22-40,50-31-15-27-45-44-26-9-12-30-49(44)56-51(45)50)41-23-14-16-36(35-41)46-32-33-53-52(54-46)37-17-13-18-38(34-37)55-47-28-10-7-24-42(47)43-25-8-11-29-48(43)55;1-3-19-38(20-4-1)57(39-21-5-2-6-22-39,48-31-15-27-44-43-26-9-12-30-47(43)56-49(44)48)40-23-14-17-36(33-40)51-53-34-52-50(54-51)35-16-13-18-37(32-35)55-45-28-10-7-24-41(45)42-25-8-11-29-46(42)55/h1-35H;1-34H. The van der Waals surface area contributed by atoms with Crippen molar-refractivity contribution in [1.29, 1.82) is 0 Å². The highest BCUT2D eigenvalue weighted by atomic mass is 32.1. The van der Waals surface area contributed by atoms with Crippen LogP contribution in [0.1, 0.15) is 0 Å². The molecule has 536 valence electrons. The molecule has 0 amide bonds. The highest BCUT2D eigenvalue weighted by Crippen LogP contribution is 2.39. The lowest BCUT2D eigenvalue weighted by molar-refractivity contribution is 1.06. The molecule has 0 saturated heterocycles. The van der Waals surface area contributed by atoms with Crippen molar-refractivity contribution in [3.63, 3.8) is 0 Å². The van der Waals surface area contributed by atoms with Crippen LogP contribution in [0.3, 0.4) is 0 Å². The number of fused-ring (bicyclic) bond motifs is 12. The molecule has 0 fully saturated rings. The van der Waals surface area contributed by atoms with Crippen LogP contribution in [0.25, 0.3) is 141 Å². The third-order valence-corrected chi connectivity index (χ3v) is 35.1. The molecular weight excluding hydrogens is 1460 g/mol. The normalized spacial score (nSPS) is 11.9. The first-order valence-corrected chi connectivity index (χ1v) is 44.1. The van der Waals surface area contributed by atoms with Crippen LogP contribution in [0.5, 0.6) is 0 Å². The van der Waals surface area contributed by atoms with Gasteiger partial charge in [0.15, 0.2) is 33.6 Å². The summed E-state index contributed by atoms with van der Waals surface area (Å²) in [5, 5.41) is 20.9. The van der Waals surface area contributed by atoms with Gasteiger partial charge in [0.1, 0.15) is 6.33 Å². The fourth-order valence-electron chi connectivity index (χ4n) is 17.8. The molecule has 0 aliphatic carbocycles. The Balaban J connectivity index is 0.000000143. The highest BCUT2D eigenvalue weighted by Gasteiger charge is 2.45. The van der Waals surface area contributed by atoms with E-state index in [1.54, 1.807) is 6.33 Å². The van der Waals surface area contributed by atoms with E-state index in [4.69, 9.17) is 24.9 Å². The second-order valence-electron chi connectivity index (χ2n) is 28.9. The molecule has 0 bridgehead atoms. The summed E-state index contributed by atoms with van der Waals surface area (Å²) >= 11 is 3.81. The van der Waals surface area contributed by atoms with Gasteiger partial charge in [0.25, 0.3) is 0 Å². The molecule has 6 heterocycles. The van der Waals surface area contributed by atoms with Gasteiger partial charge in [-0.05, 0) is 108 Å². The van der Waals surface area contributed by atoms with Crippen LogP contribution >= 0.6 is 22.7 Å². The van der Waals surface area contributed by atoms with Gasteiger partial charge < -0.3 is 9.13 Å². The maximum atomic E-state index is 5.28. The SMILES string of the molecule is c1ccc([Si](c2ccccc2)(c2cccc(-c3ccnc(-c4cccc(-n5c6ccccc6c6ccccc65)c4)n3)c2)c2cccc3c2sc2ccccc23)cc1.c1ccc([Si](c2ccccc2)(c2cccc(-c3ncnc(-c4cccc(-n5c6ccccc6c6ccccc65)c4)n3)c2)c2cccc3c2sc2ccccc23)cc1. The molecule has 114 heavy (non-hydrogen) atoms. The molecule has 0 atom stereocenters. The molecule has 0 radical (unpaired) electrons. The molecule has 0 saturated carbocycles. The van der Waals surface area contributed by atoms with Crippen LogP contribution in [0.4, 0.5) is 0 Å². The Bertz CT molecular complexity index is 6780. The molecule has 11 heteroatoms. The molecule has 0 unspecified atom stereocenters. The summed E-state index contributed by atoms with van der Waals surface area (Å²) in [7, 11) is -5.80. The van der Waals surface area contributed by atoms with E-state index in [2.05, 4.69) is 410 Å². The van der Waals surface area contributed by atoms with Crippen molar-refractivity contribution in [2.45, 2.75) is 0 Å². The molecule has 0 spiro atoms. The maximum Gasteiger partial charge on any atom is 0.181 e. The van der Waals surface area contributed by atoms with Crippen molar-refractivity contribution >= 4 is 164 Å². The summed E-state index contributed by atoms with van der Waals surface area (Å²) in [6, 6.07) is 148. The molecule has 0 N–H and O–H groups in total. The van der Waals surface area contributed by atoms with Crippen molar-refractivity contribution in [2.24, 2.45) is 0 Å². The molecule has 22 rings (SSSR count). The zero-order valence-corrected chi connectivity index (χ0v) is 65.4. The van der Waals surface area contributed by atoms with Gasteiger partial charge in [0.05, 0.1) is 27.8 Å². The number of para-hydroxylation sites is 4. The van der Waals surface area contributed by atoms with Gasteiger partial charge in [-0.2, -0.15) is 0 Å². The first-order valence-electron chi connectivity index (χ1n) is 38.5. The average molecular weight is 1530 g/mol. The number of rotatable bonds is 14. The number of nitrogens with zero attached hydrogens (tertiary/aromatic N) is 7. The van der Waals surface area contributed by atoms with E-state index in [1.165, 1.54) is 125 Å². The minimum atomic E-state index is -2.92. The topological polar surface area (TPSA) is 74.3 Å². The molecule has 7 nitrogen and oxygen atoms in total. The lowest BCUT2D eigenvalue weighted by Gasteiger charge is -2.35. The number of benzene rings is 16. The maximum absolute atomic E-state index is 5.28. The van der Waals surface area contributed by atoms with Gasteiger partial charge in [0, 0.05) is 102 Å². The Morgan fingerprint density at radius 1 is 0.228 bits per heavy atom. The molecule has 0 aliphatic rings. The van der Waals surface area contributed by atoms with Crippen LogP contribution in [-0.4, -0.2) is 50.2 Å². The third-order valence-electron chi connectivity index (χ3n) is 22.7. The number of thiophene rings is 2. The summed E-state index contributed by atoms with van der Waals surface area (Å²) in [6.45, 7) is 0. The minimum absolute atomic E-state index is 0.637. The highest BCUT2D eigenvalue weighted by molar-refractivity contribution is 7.31. The Morgan fingerprint density at radius 3 is 0.965 bits per heavy atom. The zero-order chi connectivity index (χ0) is 75.5. The lowest BCUT2D eigenvalue weighted by atomic mass is 10.1. The summed E-state index contributed by atoms with van der Waals surface area (Å²) in [6.07, 6.45) is 3.54. The van der Waals surface area contributed by atoms with Crippen LogP contribution in [0, 0.1) is 0 Å². The van der Waals surface area contributed by atoms with Crippen LogP contribution in [0.2, 0.25) is 0 Å².